The Balaban J connectivity index is 3.51. The standard InChI is InChI=1S/C9H19F2NOS/c1-2-14-7-3-4-12(5-6-13)8-9(10)11/h9,13H,2-8H2,1H3. The minimum atomic E-state index is -2.31. The van der Waals surface area contributed by atoms with Gasteiger partial charge in [0, 0.05) is 6.54 Å². The molecule has 0 amide bonds. The van der Waals surface area contributed by atoms with Crippen LogP contribution in [0.1, 0.15) is 13.3 Å². The first-order valence-electron chi connectivity index (χ1n) is 4.89. The molecule has 0 heterocycles. The highest BCUT2D eigenvalue weighted by Crippen LogP contribution is 2.04. The van der Waals surface area contributed by atoms with E-state index < -0.39 is 6.43 Å². The lowest BCUT2D eigenvalue weighted by Crippen LogP contribution is -2.32. The van der Waals surface area contributed by atoms with Gasteiger partial charge in [-0.1, -0.05) is 6.92 Å². The Morgan fingerprint density at radius 3 is 2.57 bits per heavy atom. The van der Waals surface area contributed by atoms with Crippen molar-refractivity contribution in [1.29, 1.82) is 0 Å². The third kappa shape index (κ3) is 8.72. The molecule has 0 rings (SSSR count). The second-order valence-corrected chi connectivity index (χ2v) is 4.36. The highest BCUT2D eigenvalue weighted by Gasteiger charge is 2.10. The Hall–Kier alpha value is 0.130. The van der Waals surface area contributed by atoms with Crippen molar-refractivity contribution < 1.29 is 13.9 Å². The van der Waals surface area contributed by atoms with Gasteiger partial charge in [0.1, 0.15) is 0 Å². The van der Waals surface area contributed by atoms with Gasteiger partial charge >= 0.3 is 0 Å². The van der Waals surface area contributed by atoms with Gasteiger partial charge in [-0.2, -0.15) is 11.8 Å². The minimum Gasteiger partial charge on any atom is -0.395 e. The zero-order valence-electron chi connectivity index (χ0n) is 8.59. The predicted octanol–water partition coefficient (Wildman–Crippen LogP) is 1.69. The number of rotatable bonds is 9. The quantitative estimate of drug-likeness (QED) is 0.606. The molecule has 0 spiro atoms. The zero-order valence-corrected chi connectivity index (χ0v) is 9.40. The van der Waals surface area contributed by atoms with Gasteiger partial charge in [-0.15, -0.1) is 0 Å². The van der Waals surface area contributed by atoms with E-state index in [1.807, 2.05) is 11.8 Å². The topological polar surface area (TPSA) is 23.5 Å². The van der Waals surface area contributed by atoms with E-state index in [1.165, 1.54) is 0 Å². The first-order valence-corrected chi connectivity index (χ1v) is 6.05. The third-order valence-electron chi connectivity index (χ3n) is 1.78. The highest BCUT2D eigenvalue weighted by molar-refractivity contribution is 7.99. The van der Waals surface area contributed by atoms with E-state index in [-0.39, 0.29) is 13.2 Å². The van der Waals surface area contributed by atoms with Crippen LogP contribution in [0.2, 0.25) is 0 Å². The molecule has 14 heavy (non-hydrogen) atoms. The van der Waals surface area contributed by atoms with Crippen molar-refractivity contribution in [2.24, 2.45) is 0 Å². The van der Waals surface area contributed by atoms with Crippen molar-refractivity contribution in [2.45, 2.75) is 19.8 Å². The molecular weight excluding hydrogens is 208 g/mol. The molecule has 0 aromatic carbocycles. The summed E-state index contributed by atoms with van der Waals surface area (Å²) in [6.45, 7) is 2.80. The number of hydrogen-bond donors (Lipinski definition) is 1. The summed E-state index contributed by atoms with van der Waals surface area (Å²) in [5, 5.41) is 8.66. The molecule has 1 N–H and O–H groups in total. The average Bonchev–Trinajstić information content (AvgIpc) is 2.12. The van der Waals surface area contributed by atoms with E-state index in [4.69, 9.17) is 5.11 Å². The predicted molar refractivity (Wildman–Crippen MR) is 57.1 cm³/mol. The molecule has 0 fully saturated rings. The van der Waals surface area contributed by atoms with Gasteiger partial charge < -0.3 is 5.11 Å². The molecule has 0 aromatic heterocycles. The van der Waals surface area contributed by atoms with Crippen LogP contribution in [0.4, 0.5) is 8.78 Å². The monoisotopic (exact) mass is 227 g/mol. The van der Waals surface area contributed by atoms with Crippen LogP contribution in [0.25, 0.3) is 0 Å². The lowest BCUT2D eigenvalue weighted by Gasteiger charge is -2.20. The van der Waals surface area contributed by atoms with Crippen molar-refractivity contribution >= 4 is 11.8 Å². The van der Waals surface area contributed by atoms with Crippen LogP contribution < -0.4 is 0 Å². The second kappa shape index (κ2) is 9.68. The summed E-state index contributed by atoms with van der Waals surface area (Å²) in [4.78, 5) is 1.61. The molecule has 0 saturated heterocycles. The third-order valence-corrected chi connectivity index (χ3v) is 2.77. The highest BCUT2D eigenvalue weighted by atomic mass is 32.2. The van der Waals surface area contributed by atoms with Crippen molar-refractivity contribution in [3.8, 4) is 0 Å². The molecule has 5 heteroatoms. The molecule has 0 aromatic rings. The SMILES string of the molecule is CCSCCCN(CCO)CC(F)F. The lowest BCUT2D eigenvalue weighted by atomic mass is 10.4. The van der Waals surface area contributed by atoms with E-state index in [2.05, 4.69) is 6.92 Å². The van der Waals surface area contributed by atoms with Crippen molar-refractivity contribution in [1.82, 2.24) is 4.90 Å². The van der Waals surface area contributed by atoms with E-state index in [1.54, 1.807) is 4.90 Å². The molecule has 0 bridgehead atoms. The maximum Gasteiger partial charge on any atom is 0.251 e. The van der Waals surface area contributed by atoms with Gasteiger partial charge in [0.25, 0.3) is 6.43 Å². The van der Waals surface area contributed by atoms with Crippen LogP contribution in [0.5, 0.6) is 0 Å². The number of aliphatic hydroxyl groups is 1. The summed E-state index contributed by atoms with van der Waals surface area (Å²) >= 11 is 1.81. The molecule has 0 atom stereocenters. The van der Waals surface area contributed by atoms with Crippen LogP contribution in [0, 0.1) is 0 Å². The Kier molecular flexibility index (Phi) is 9.77. The zero-order chi connectivity index (χ0) is 10.8. The number of aliphatic hydroxyl groups excluding tert-OH is 1. The molecule has 0 aliphatic rings. The summed E-state index contributed by atoms with van der Waals surface area (Å²) in [7, 11) is 0. The van der Waals surface area contributed by atoms with E-state index in [0.29, 0.717) is 13.1 Å². The van der Waals surface area contributed by atoms with E-state index in [9.17, 15) is 8.78 Å². The first kappa shape index (κ1) is 14.1. The summed E-state index contributed by atoms with van der Waals surface area (Å²) in [6, 6.07) is 0. The van der Waals surface area contributed by atoms with Crippen molar-refractivity contribution in [2.75, 3.05) is 37.7 Å². The van der Waals surface area contributed by atoms with Gasteiger partial charge in [-0.3, -0.25) is 4.90 Å². The van der Waals surface area contributed by atoms with Crippen LogP contribution in [-0.2, 0) is 0 Å². The molecule has 0 unspecified atom stereocenters. The summed E-state index contributed by atoms with van der Waals surface area (Å²) < 4.78 is 24.1. The summed E-state index contributed by atoms with van der Waals surface area (Å²) in [6.07, 6.45) is -1.40. The van der Waals surface area contributed by atoms with Crippen LogP contribution in [0.15, 0.2) is 0 Å². The van der Waals surface area contributed by atoms with Gasteiger partial charge in [0.15, 0.2) is 0 Å². The Morgan fingerprint density at radius 1 is 1.36 bits per heavy atom. The number of alkyl halides is 2. The minimum absolute atomic E-state index is 0.0480. The fourth-order valence-electron chi connectivity index (χ4n) is 1.17. The van der Waals surface area contributed by atoms with Gasteiger partial charge in [-0.05, 0) is 24.5 Å². The lowest BCUT2D eigenvalue weighted by molar-refractivity contribution is 0.0786. The average molecular weight is 227 g/mol. The maximum absolute atomic E-state index is 12.1. The Bertz CT molecular complexity index is 127. The smallest absolute Gasteiger partial charge is 0.251 e. The molecule has 0 saturated carbocycles. The van der Waals surface area contributed by atoms with Gasteiger partial charge in [0.2, 0.25) is 0 Å². The Labute approximate surface area is 88.7 Å². The summed E-state index contributed by atoms with van der Waals surface area (Å²) in [5.41, 5.74) is 0. The fraction of sp³-hybridized carbons (Fsp3) is 1.00. The fourth-order valence-corrected chi connectivity index (χ4v) is 1.79. The largest absolute Gasteiger partial charge is 0.395 e. The molecule has 2 nitrogen and oxygen atoms in total. The maximum atomic E-state index is 12.1. The normalized spacial score (nSPS) is 11.6. The van der Waals surface area contributed by atoms with E-state index >= 15 is 0 Å². The number of thioether (sulfide) groups is 1. The van der Waals surface area contributed by atoms with E-state index in [0.717, 1.165) is 17.9 Å². The summed E-state index contributed by atoms with van der Waals surface area (Å²) in [5.74, 6) is 2.07. The van der Waals surface area contributed by atoms with Crippen LogP contribution in [0.3, 0.4) is 0 Å². The van der Waals surface area contributed by atoms with Gasteiger partial charge in [-0.25, -0.2) is 8.78 Å². The van der Waals surface area contributed by atoms with Gasteiger partial charge in [0.05, 0.1) is 13.2 Å². The first-order chi connectivity index (χ1) is 6.70. The Morgan fingerprint density at radius 2 is 2.07 bits per heavy atom. The number of halogens is 2. The van der Waals surface area contributed by atoms with Crippen molar-refractivity contribution in [3.05, 3.63) is 0 Å². The molecule has 0 radical (unpaired) electrons. The second-order valence-electron chi connectivity index (χ2n) is 2.97. The molecular formula is C9H19F2NOS. The number of hydrogen-bond acceptors (Lipinski definition) is 3. The van der Waals surface area contributed by atoms with Crippen LogP contribution in [-0.4, -0.2) is 54.2 Å². The van der Waals surface area contributed by atoms with Crippen LogP contribution >= 0.6 is 11.8 Å². The molecule has 0 aliphatic carbocycles. The molecule has 0 aliphatic heterocycles. The number of nitrogens with zero attached hydrogens (tertiary/aromatic N) is 1. The molecule has 86 valence electrons. The van der Waals surface area contributed by atoms with Crippen molar-refractivity contribution in [3.63, 3.8) is 0 Å².